The molecule has 0 spiro atoms. The molecule has 1 rings (SSSR count). The third-order valence-corrected chi connectivity index (χ3v) is 2.63. The van der Waals surface area contributed by atoms with Crippen LogP contribution in [0, 0.1) is 6.92 Å². The molecule has 1 aromatic heterocycles. The van der Waals surface area contributed by atoms with Crippen LogP contribution in [-0.2, 0) is 5.75 Å². The van der Waals surface area contributed by atoms with Crippen LogP contribution in [0.3, 0.4) is 0 Å². The summed E-state index contributed by atoms with van der Waals surface area (Å²) in [6.45, 7) is 1.70. The molecule has 0 amide bonds. The molecule has 0 aliphatic heterocycles. The van der Waals surface area contributed by atoms with Crippen LogP contribution in [0.15, 0.2) is 10.6 Å². The van der Waals surface area contributed by atoms with Crippen molar-refractivity contribution < 1.29 is 22.8 Å². The Balaban J connectivity index is 2.28. The van der Waals surface area contributed by atoms with Gasteiger partial charge in [-0.1, -0.05) is 5.16 Å². The van der Waals surface area contributed by atoms with Crippen LogP contribution in [0.4, 0.5) is 13.2 Å². The zero-order valence-electron chi connectivity index (χ0n) is 7.91. The summed E-state index contributed by atoms with van der Waals surface area (Å²) in [5.74, 6) is 0.516. The lowest BCUT2D eigenvalue weighted by Gasteiger charge is -2.13. The Bertz CT molecular complexity index is 313. The van der Waals surface area contributed by atoms with Crippen LogP contribution in [0.25, 0.3) is 0 Å². The maximum atomic E-state index is 11.9. The van der Waals surface area contributed by atoms with E-state index >= 15 is 0 Å². The van der Waals surface area contributed by atoms with Crippen molar-refractivity contribution in [3.05, 3.63) is 17.5 Å². The molecule has 1 unspecified atom stereocenters. The number of aliphatic hydroxyl groups is 1. The van der Waals surface area contributed by atoms with Crippen molar-refractivity contribution in [3.63, 3.8) is 0 Å². The summed E-state index contributed by atoms with van der Waals surface area (Å²) in [5.41, 5.74) is 0.576. The first-order valence-corrected chi connectivity index (χ1v) is 5.30. The van der Waals surface area contributed by atoms with Gasteiger partial charge in [0.05, 0.1) is 5.69 Å². The van der Waals surface area contributed by atoms with E-state index in [1.165, 1.54) is 0 Å². The van der Waals surface area contributed by atoms with Crippen molar-refractivity contribution in [3.8, 4) is 0 Å². The summed E-state index contributed by atoms with van der Waals surface area (Å²) in [6, 6.07) is 1.65. The van der Waals surface area contributed by atoms with Gasteiger partial charge in [-0.25, -0.2) is 0 Å². The van der Waals surface area contributed by atoms with Gasteiger partial charge in [-0.3, -0.25) is 0 Å². The SMILES string of the molecule is Cc1cc(CSCC(O)C(F)(F)F)no1. The Morgan fingerprint density at radius 1 is 1.60 bits per heavy atom. The molecular weight excluding hydrogens is 231 g/mol. The molecule has 0 saturated carbocycles. The lowest BCUT2D eigenvalue weighted by molar-refractivity contribution is -0.195. The number of halogens is 3. The zero-order chi connectivity index (χ0) is 11.5. The molecule has 1 atom stereocenters. The minimum Gasteiger partial charge on any atom is -0.383 e. The smallest absolute Gasteiger partial charge is 0.383 e. The van der Waals surface area contributed by atoms with Crippen LogP contribution in [0.2, 0.25) is 0 Å². The lowest BCUT2D eigenvalue weighted by Crippen LogP contribution is -2.30. The summed E-state index contributed by atoms with van der Waals surface area (Å²) in [6.07, 6.45) is -6.83. The fourth-order valence-corrected chi connectivity index (χ4v) is 1.73. The third kappa shape index (κ3) is 4.13. The molecule has 15 heavy (non-hydrogen) atoms. The minimum atomic E-state index is -4.55. The topological polar surface area (TPSA) is 46.3 Å². The fourth-order valence-electron chi connectivity index (χ4n) is 0.856. The van der Waals surface area contributed by atoms with Crippen molar-refractivity contribution in [1.82, 2.24) is 5.16 Å². The monoisotopic (exact) mass is 241 g/mol. The molecule has 0 saturated heterocycles. The Morgan fingerprint density at radius 3 is 2.73 bits per heavy atom. The van der Waals surface area contributed by atoms with E-state index < -0.39 is 18.0 Å². The predicted octanol–water partition coefficient (Wildman–Crippen LogP) is 2.14. The van der Waals surface area contributed by atoms with E-state index in [9.17, 15) is 13.2 Å². The highest BCUT2D eigenvalue weighted by atomic mass is 32.2. The molecule has 1 heterocycles. The number of alkyl halides is 3. The van der Waals surface area contributed by atoms with Gasteiger partial charge in [0.1, 0.15) is 5.76 Å². The van der Waals surface area contributed by atoms with Crippen LogP contribution in [-0.4, -0.2) is 28.3 Å². The second-order valence-electron chi connectivity index (χ2n) is 3.00. The normalized spacial score (nSPS) is 14.2. The highest BCUT2D eigenvalue weighted by molar-refractivity contribution is 7.98. The van der Waals surface area contributed by atoms with Crippen molar-refractivity contribution >= 4 is 11.8 Å². The Labute approximate surface area is 88.6 Å². The lowest BCUT2D eigenvalue weighted by atomic mass is 10.4. The number of aromatic nitrogens is 1. The molecule has 0 aliphatic rings. The first-order valence-electron chi connectivity index (χ1n) is 4.14. The van der Waals surface area contributed by atoms with Gasteiger partial charge in [0, 0.05) is 17.6 Å². The predicted molar refractivity (Wildman–Crippen MR) is 49.5 cm³/mol. The average molecular weight is 241 g/mol. The Hall–Kier alpha value is -0.690. The second-order valence-corrected chi connectivity index (χ2v) is 4.03. The molecule has 1 aromatic rings. The van der Waals surface area contributed by atoms with Gasteiger partial charge in [-0.05, 0) is 6.92 Å². The molecule has 86 valence electrons. The first-order chi connectivity index (χ1) is 6.89. The van der Waals surface area contributed by atoms with Gasteiger partial charge < -0.3 is 9.63 Å². The number of hydrogen-bond donors (Lipinski definition) is 1. The Kier molecular flexibility index (Phi) is 4.04. The van der Waals surface area contributed by atoms with Gasteiger partial charge in [-0.2, -0.15) is 24.9 Å². The maximum Gasteiger partial charge on any atom is 0.415 e. The van der Waals surface area contributed by atoms with Crippen molar-refractivity contribution in [2.75, 3.05) is 5.75 Å². The van der Waals surface area contributed by atoms with Gasteiger partial charge in [0.15, 0.2) is 6.10 Å². The first kappa shape index (κ1) is 12.4. The number of aliphatic hydroxyl groups excluding tert-OH is 1. The maximum absolute atomic E-state index is 11.9. The number of aryl methyl sites for hydroxylation is 1. The molecule has 1 N–H and O–H groups in total. The number of nitrogens with zero attached hydrogens (tertiary/aromatic N) is 1. The van der Waals surface area contributed by atoms with Gasteiger partial charge in [0.25, 0.3) is 0 Å². The van der Waals surface area contributed by atoms with E-state index in [0.29, 0.717) is 17.2 Å². The van der Waals surface area contributed by atoms with Gasteiger partial charge in [0.2, 0.25) is 0 Å². The van der Waals surface area contributed by atoms with Crippen molar-refractivity contribution in [2.45, 2.75) is 25.0 Å². The molecule has 7 heteroatoms. The number of thioether (sulfide) groups is 1. The molecule has 0 fully saturated rings. The molecule has 0 aliphatic carbocycles. The average Bonchev–Trinajstić information content (AvgIpc) is 2.49. The number of rotatable bonds is 4. The highest BCUT2D eigenvalue weighted by Gasteiger charge is 2.37. The summed E-state index contributed by atoms with van der Waals surface area (Å²) in [5, 5.41) is 12.3. The van der Waals surface area contributed by atoms with Crippen LogP contribution < -0.4 is 0 Å². The molecule has 0 bridgehead atoms. The summed E-state index contributed by atoms with van der Waals surface area (Å²) < 4.78 is 40.4. The van der Waals surface area contributed by atoms with E-state index in [2.05, 4.69) is 5.16 Å². The third-order valence-electron chi connectivity index (χ3n) is 1.58. The fraction of sp³-hybridized carbons (Fsp3) is 0.625. The Morgan fingerprint density at radius 2 is 2.27 bits per heavy atom. The van der Waals surface area contributed by atoms with Crippen LogP contribution in [0.5, 0.6) is 0 Å². The second kappa shape index (κ2) is 4.89. The standard InChI is InChI=1S/C8H10F3NO2S/c1-5-2-6(12-14-5)3-15-4-7(13)8(9,10)11/h2,7,13H,3-4H2,1H3. The summed E-state index contributed by atoms with van der Waals surface area (Å²) in [4.78, 5) is 0. The van der Waals surface area contributed by atoms with Crippen LogP contribution >= 0.6 is 11.8 Å². The summed E-state index contributed by atoms with van der Waals surface area (Å²) in [7, 11) is 0. The summed E-state index contributed by atoms with van der Waals surface area (Å²) >= 11 is 0.962. The van der Waals surface area contributed by atoms with Crippen LogP contribution in [0.1, 0.15) is 11.5 Å². The van der Waals surface area contributed by atoms with E-state index in [4.69, 9.17) is 9.63 Å². The van der Waals surface area contributed by atoms with E-state index in [1.54, 1.807) is 13.0 Å². The van der Waals surface area contributed by atoms with Gasteiger partial charge in [-0.15, -0.1) is 0 Å². The zero-order valence-corrected chi connectivity index (χ0v) is 8.73. The number of hydrogen-bond acceptors (Lipinski definition) is 4. The molecule has 0 aromatic carbocycles. The highest BCUT2D eigenvalue weighted by Crippen LogP contribution is 2.24. The minimum absolute atomic E-state index is 0.296. The molecule has 0 radical (unpaired) electrons. The van der Waals surface area contributed by atoms with E-state index in [0.717, 1.165) is 11.8 Å². The molecular formula is C8H10F3NO2S. The van der Waals surface area contributed by atoms with Crippen molar-refractivity contribution in [2.24, 2.45) is 0 Å². The van der Waals surface area contributed by atoms with Crippen molar-refractivity contribution in [1.29, 1.82) is 0 Å². The quantitative estimate of drug-likeness (QED) is 0.877. The van der Waals surface area contributed by atoms with Gasteiger partial charge >= 0.3 is 6.18 Å². The largest absolute Gasteiger partial charge is 0.415 e. The van der Waals surface area contributed by atoms with E-state index in [1.807, 2.05) is 0 Å². The molecule has 3 nitrogen and oxygen atoms in total. The van der Waals surface area contributed by atoms with E-state index in [-0.39, 0.29) is 0 Å².